The van der Waals surface area contributed by atoms with E-state index in [4.69, 9.17) is 0 Å². The smallest absolute Gasteiger partial charge is 0.00723 e. The van der Waals surface area contributed by atoms with Gasteiger partial charge in [0, 0.05) is 18.4 Å². The second-order valence-electron chi connectivity index (χ2n) is 3.75. The molecule has 1 heterocycles. The number of halogens is 1. The molecular formula is C9H17BrN. The van der Waals surface area contributed by atoms with Crippen molar-refractivity contribution < 1.29 is 0 Å². The molecule has 11 heavy (non-hydrogen) atoms. The topological polar surface area (TPSA) is 3.24 Å². The fourth-order valence-corrected chi connectivity index (χ4v) is 2.16. The molecule has 0 spiro atoms. The second-order valence-corrected chi connectivity index (χ2v) is 4.40. The zero-order valence-corrected chi connectivity index (χ0v) is 9.02. The number of rotatable bonds is 3. The lowest BCUT2D eigenvalue weighted by Gasteiger charge is -2.17. The predicted molar refractivity (Wildman–Crippen MR) is 52.9 cm³/mol. The first kappa shape index (κ1) is 9.53. The molecule has 0 aromatic rings. The van der Waals surface area contributed by atoms with Crippen molar-refractivity contribution >= 4 is 15.9 Å². The summed E-state index contributed by atoms with van der Waals surface area (Å²) in [5, 5.41) is 1.17. The van der Waals surface area contributed by atoms with Crippen LogP contribution in [0.25, 0.3) is 0 Å². The molecule has 0 aromatic carbocycles. The van der Waals surface area contributed by atoms with Gasteiger partial charge in [0.25, 0.3) is 0 Å². The molecule has 1 aliphatic heterocycles. The van der Waals surface area contributed by atoms with Crippen molar-refractivity contribution in [1.82, 2.24) is 4.90 Å². The Morgan fingerprint density at radius 3 is 2.73 bits per heavy atom. The van der Waals surface area contributed by atoms with Crippen LogP contribution in [0, 0.1) is 11.8 Å². The van der Waals surface area contributed by atoms with Gasteiger partial charge in [-0.2, -0.15) is 0 Å². The van der Waals surface area contributed by atoms with Crippen LogP contribution in [0.3, 0.4) is 0 Å². The Morgan fingerprint density at radius 2 is 2.27 bits per heavy atom. The van der Waals surface area contributed by atoms with Crippen LogP contribution in [-0.2, 0) is 0 Å². The lowest BCUT2D eigenvalue weighted by molar-refractivity contribution is 0.341. The molecule has 1 rings (SSSR count). The molecule has 0 amide bonds. The molecule has 1 aliphatic rings. The molecule has 0 bridgehead atoms. The maximum absolute atomic E-state index is 3.54. The van der Waals surface area contributed by atoms with E-state index in [0.717, 1.165) is 5.92 Å². The maximum atomic E-state index is 3.54. The molecule has 2 heteroatoms. The molecule has 1 radical (unpaired) electrons. The molecule has 1 fully saturated rings. The summed E-state index contributed by atoms with van der Waals surface area (Å²) in [6.45, 7) is 8.20. The maximum Gasteiger partial charge on any atom is 0.00723 e. The highest BCUT2D eigenvalue weighted by molar-refractivity contribution is 9.09. The standard InChI is InChI=1S/C9H17BrN/c1-8(2)6-11-4-3-9(5-10)7-11/h9H,3-7H2,1-2H3. The Hall–Kier alpha value is 0.440. The van der Waals surface area contributed by atoms with Crippen LogP contribution in [0.2, 0.25) is 0 Å². The minimum Gasteiger partial charge on any atom is -0.302 e. The van der Waals surface area contributed by atoms with Crippen molar-refractivity contribution in [3.05, 3.63) is 5.92 Å². The third-order valence-corrected chi connectivity index (χ3v) is 3.04. The Kier molecular flexibility index (Phi) is 3.86. The minimum absolute atomic E-state index is 0.898. The van der Waals surface area contributed by atoms with E-state index in [-0.39, 0.29) is 0 Å². The summed E-state index contributed by atoms with van der Waals surface area (Å²) >= 11 is 3.54. The number of hydrogen-bond acceptors (Lipinski definition) is 1. The van der Waals surface area contributed by atoms with Gasteiger partial charge in [0.2, 0.25) is 0 Å². The van der Waals surface area contributed by atoms with Gasteiger partial charge >= 0.3 is 0 Å². The van der Waals surface area contributed by atoms with Crippen LogP contribution in [0.4, 0.5) is 0 Å². The van der Waals surface area contributed by atoms with Crippen molar-refractivity contribution in [2.45, 2.75) is 20.3 Å². The fourth-order valence-electron chi connectivity index (χ4n) is 1.63. The molecule has 1 saturated heterocycles. The summed E-state index contributed by atoms with van der Waals surface area (Å²) in [6.07, 6.45) is 1.37. The number of likely N-dealkylation sites (tertiary alicyclic amines) is 1. The van der Waals surface area contributed by atoms with Crippen LogP contribution in [0.1, 0.15) is 20.3 Å². The molecule has 0 aliphatic carbocycles. The minimum atomic E-state index is 0.898. The van der Waals surface area contributed by atoms with Crippen LogP contribution < -0.4 is 0 Å². The monoisotopic (exact) mass is 218 g/mol. The number of alkyl halides is 1. The summed E-state index contributed by atoms with van der Waals surface area (Å²) in [6, 6.07) is 0. The van der Waals surface area contributed by atoms with Gasteiger partial charge in [-0.05, 0) is 24.8 Å². The first-order chi connectivity index (χ1) is 5.22. The zero-order chi connectivity index (χ0) is 8.27. The Bertz CT molecular complexity index is 114. The first-order valence-electron chi connectivity index (χ1n) is 4.29. The summed E-state index contributed by atoms with van der Waals surface area (Å²) < 4.78 is 0. The van der Waals surface area contributed by atoms with Crippen molar-refractivity contribution in [3.8, 4) is 0 Å². The molecule has 1 nitrogen and oxygen atoms in total. The van der Waals surface area contributed by atoms with Crippen molar-refractivity contribution in [2.24, 2.45) is 5.92 Å². The van der Waals surface area contributed by atoms with Gasteiger partial charge < -0.3 is 4.90 Å². The predicted octanol–water partition coefficient (Wildman–Crippen LogP) is 2.32. The van der Waals surface area contributed by atoms with E-state index in [9.17, 15) is 0 Å². The van der Waals surface area contributed by atoms with E-state index in [1.165, 1.54) is 37.3 Å². The van der Waals surface area contributed by atoms with E-state index in [2.05, 4.69) is 34.7 Å². The van der Waals surface area contributed by atoms with E-state index in [1.807, 2.05) is 0 Å². The number of hydrogen-bond donors (Lipinski definition) is 0. The summed E-state index contributed by atoms with van der Waals surface area (Å²) in [7, 11) is 0. The Labute approximate surface area is 78.3 Å². The zero-order valence-electron chi connectivity index (χ0n) is 7.44. The third kappa shape index (κ3) is 3.12. The molecule has 1 atom stereocenters. The normalized spacial score (nSPS) is 26.7. The second kappa shape index (κ2) is 4.46. The van der Waals surface area contributed by atoms with E-state index >= 15 is 0 Å². The van der Waals surface area contributed by atoms with Crippen LogP contribution >= 0.6 is 15.9 Å². The SMILES string of the molecule is C[C](C)CN1CCC(CBr)C1. The Balaban J connectivity index is 2.19. The van der Waals surface area contributed by atoms with Gasteiger partial charge in [-0.25, -0.2) is 0 Å². The molecular weight excluding hydrogens is 202 g/mol. The highest BCUT2D eigenvalue weighted by Gasteiger charge is 2.21. The third-order valence-electron chi connectivity index (χ3n) is 2.13. The summed E-state index contributed by atoms with van der Waals surface area (Å²) in [5.74, 6) is 2.43. The average molecular weight is 219 g/mol. The quantitative estimate of drug-likeness (QED) is 0.658. The van der Waals surface area contributed by atoms with Crippen molar-refractivity contribution in [1.29, 1.82) is 0 Å². The van der Waals surface area contributed by atoms with Crippen LogP contribution in [0.5, 0.6) is 0 Å². The lowest BCUT2D eigenvalue weighted by Crippen LogP contribution is -2.24. The first-order valence-corrected chi connectivity index (χ1v) is 5.42. The van der Waals surface area contributed by atoms with Gasteiger partial charge in [-0.1, -0.05) is 29.8 Å². The van der Waals surface area contributed by atoms with E-state index in [1.54, 1.807) is 0 Å². The lowest BCUT2D eigenvalue weighted by atomic mass is 10.2. The van der Waals surface area contributed by atoms with E-state index in [0.29, 0.717) is 0 Å². The van der Waals surface area contributed by atoms with Gasteiger partial charge in [0.1, 0.15) is 0 Å². The van der Waals surface area contributed by atoms with Gasteiger partial charge in [0.15, 0.2) is 0 Å². The van der Waals surface area contributed by atoms with Crippen molar-refractivity contribution in [2.75, 3.05) is 25.0 Å². The van der Waals surface area contributed by atoms with E-state index < -0.39 is 0 Å². The molecule has 0 saturated carbocycles. The molecule has 1 unspecified atom stereocenters. The Morgan fingerprint density at radius 1 is 1.55 bits per heavy atom. The van der Waals surface area contributed by atoms with Crippen molar-refractivity contribution in [3.63, 3.8) is 0 Å². The highest BCUT2D eigenvalue weighted by Crippen LogP contribution is 2.19. The summed E-state index contributed by atoms with van der Waals surface area (Å²) in [5.41, 5.74) is 0. The molecule has 0 aromatic heterocycles. The van der Waals surface area contributed by atoms with Crippen LogP contribution in [-0.4, -0.2) is 29.9 Å². The van der Waals surface area contributed by atoms with Gasteiger partial charge in [-0.15, -0.1) is 0 Å². The van der Waals surface area contributed by atoms with Crippen LogP contribution in [0.15, 0.2) is 0 Å². The highest BCUT2D eigenvalue weighted by atomic mass is 79.9. The summed E-state index contributed by atoms with van der Waals surface area (Å²) in [4.78, 5) is 2.54. The molecule has 65 valence electrons. The molecule has 0 N–H and O–H groups in total. The van der Waals surface area contributed by atoms with Gasteiger partial charge in [-0.3, -0.25) is 0 Å². The fraction of sp³-hybridized carbons (Fsp3) is 0.889. The van der Waals surface area contributed by atoms with Gasteiger partial charge in [0.05, 0.1) is 0 Å². The average Bonchev–Trinajstić information content (AvgIpc) is 2.34. The number of nitrogens with zero attached hydrogens (tertiary/aromatic N) is 1. The largest absolute Gasteiger partial charge is 0.302 e.